The van der Waals surface area contributed by atoms with Crippen molar-refractivity contribution in [1.29, 1.82) is 0 Å². The van der Waals surface area contributed by atoms with Crippen molar-refractivity contribution in [2.45, 2.75) is 6.18 Å². The number of benzene rings is 2. The predicted octanol–water partition coefficient (Wildman–Crippen LogP) is 5.01. The van der Waals surface area contributed by atoms with Crippen molar-refractivity contribution in [1.82, 2.24) is 0 Å². The third-order valence-corrected chi connectivity index (χ3v) is 3.11. The molecule has 0 fully saturated rings. The van der Waals surface area contributed by atoms with Gasteiger partial charge in [-0.1, -0.05) is 11.6 Å². The van der Waals surface area contributed by atoms with E-state index < -0.39 is 17.8 Å². The van der Waals surface area contributed by atoms with E-state index in [1.54, 1.807) is 12.1 Å². The van der Waals surface area contributed by atoms with Gasteiger partial charge in [-0.25, -0.2) is 4.79 Å². The maximum Gasteiger partial charge on any atom is 0.416 e. The molecule has 0 aliphatic carbocycles. The zero-order valence-electron chi connectivity index (χ0n) is 11.9. The summed E-state index contributed by atoms with van der Waals surface area (Å²) in [4.78, 5) is 11.9. The van der Waals surface area contributed by atoms with Crippen molar-refractivity contribution < 1.29 is 22.7 Å². The molecule has 0 radical (unpaired) electrons. The van der Waals surface area contributed by atoms with Gasteiger partial charge in [0.05, 0.1) is 18.4 Å². The van der Waals surface area contributed by atoms with Crippen LogP contribution in [0.25, 0.3) is 0 Å². The molecular weight excluding hydrogens is 333 g/mol. The number of urea groups is 1. The smallest absolute Gasteiger partial charge is 0.416 e. The molecule has 0 heterocycles. The van der Waals surface area contributed by atoms with Gasteiger partial charge in [0, 0.05) is 10.7 Å². The van der Waals surface area contributed by atoms with E-state index >= 15 is 0 Å². The molecule has 23 heavy (non-hydrogen) atoms. The Hall–Kier alpha value is -2.41. The number of carbonyl (C=O) groups excluding carboxylic acids is 1. The highest BCUT2D eigenvalue weighted by molar-refractivity contribution is 6.31. The first-order chi connectivity index (χ1) is 10.8. The number of nitrogens with one attached hydrogen (secondary N) is 2. The molecule has 122 valence electrons. The van der Waals surface area contributed by atoms with Gasteiger partial charge in [0.2, 0.25) is 0 Å². The van der Waals surface area contributed by atoms with Crippen LogP contribution < -0.4 is 15.4 Å². The number of amides is 2. The molecular formula is C15H12ClF3N2O2. The fourth-order valence-electron chi connectivity index (χ4n) is 1.81. The zero-order valence-corrected chi connectivity index (χ0v) is 12.6. The van der Waals surface area contributed by atoms with Crippen LogP contribution >= 0.6 is 11.6 Å². The number of hydrogen-bond donors (Lipinski definition) is 2. The summed E-state index contributed by atoms with van der Waals surface area (Å²) < 4.78 is 42.5. The Balaban J connectivity index is 2.07. The summed E-state index contributed by atoms with van der Waals surface area (Å²) in [6.07, 6.45) is -4.42. The molecule has 0 atom stereocenters. The van der Waals surface area contributed by atoms with Crippen molar-refractivity contribution in [3.05, 3.63) is 53.1 Å². The van der Waals surface area contributed by atoms with E-state index in [2.05, 4.69) is 10.6 Å². The lowest BCUT2D eigenvalue weighted by Crippen LogP contribution is -2.20. The number of alkyl halides is 3. The summed E-state index contributed by atoms with van der Waals surface area (Å²) in [5, 5.41) is 5.34. The molecule has 2 amide bonds. The van der Waals surface area contributed by atoms with Gasteiger partial charge in [-0.15, -0.1) is 0 Å². The standard InChI is InChI=1S/C15H12ClF3N2O2/c1-23-13-7-4-10(16)8-12(13)21-14(22)20-11-5-2-9(3-6-11)15(17,18)19/h2-8H,1H3,(H2,20,21,22). The Morgan fingerprint density at radius 3 is 2.30 bits per heavy atom. The minimum Gasteiger partial charge on any atom is -0.495 e. The molecule has 8 heteroatoms. The molecule has 4 nitrogen and oxygen atoms in total. The van der Waals surface area contributed by atoms with Crippen molar-refractivity contribution in [2.24, 2.45) is 0 Å². The molecule has 0 unspecified atom stereocenters. The highest BCUT2D eigenvalue weighted by Crippen LogP contribution is 2.30. The summed E-state index contributed by atoms with van der Waals surface area (Å²) in [6, 6.07) is 8.13. The number of anilines is 2. The highest BCUT2D eigenvalue weighted by atomic mass is 35.5. The summed E-state index contributed by atoms with van der Waals surface area (Å²) in [5.74, 6) is 0.400. The number of methoxy groups -OCH3 is 1. The van der Waals surface area contributed by atoms with Crippen LogP contribution in [0.2, 0.25) is 5.02 Å². The van der Waals surface area contributed by atoms with E-state index in [4.69, 9.17) is 16.3 Å². The normalized spacial score (nSPS) is 11.0. The van der Waals surface area contributed by atoms with Gasteiger partial charge >= 0.3 is 12.2 Å². The van der Waals surface area contributed by atoms with Crippen LogP contribution in [-0.4, -0.2) is 13.1 Å². The quantitative estimate of drug-likeness (QED) is 0.822. The SMILES string of the molecule is COc1ccc(Cl)cc1NC(=O)Nc1ccc(C(F)(F)F)cc1. The van der Waals surface area contributed by atoms with Gasteiger partial charge < -0.3 is 15.4 Å². The van der Waals surface area contributed by atoms with Gasteiger partial charge in [-0.05, 0) is 42.5 Å². The van der Waals surface area contributed by atoms with Crippen molar-refractivity contribution in [2.75, 3.05) is 17.7 Å². The maximum absolute atomic E-state index is 12.5. The lowest BCUT2D eigenvalue weighted by molar-refractivity contribution is -0.137. The topological polar surface area (TPSA) is 50.4 Å². The van der Waals surface area contributed by atoms with Crippen molar-refractivity contribution >= 4 is 29.0 Å². The minimum absolute atomic E-state index is 0.219. The number of halogens is 4. The first kappa shape index (κ1) is 17.0. The second-order valence-electron chi connectivity index (χ2n) is 4.50. The van der Waals surface area contributed by atoms with Crippen LogP contribution in [0.4, 0.5) is 29.3 Å². The molecule has 0 bridgehead atoms. The van der Waals surface area contributed by atoms with E-state index in [1.807, 2.05) is 0 Å². The third kappa shape index (κ3) is 4.53. The Morgan fingerprint density at radius 2 is 1.74 bits per heavy atom. The zero-order chi connectivity index (χ0) is 17.0. The maximum atomic E-state index is 12.5. The highest BCUT2D eigenvalue weighted by Gasteiger charge is 2.29. The van der Waals surface area contributed by atoms with Crippen LogP contribution in [0.5, 0.6) is 5.75 Å². The van der Waals surface area contributed by atoms with Crippen LogP contribution in [-0.2, 0) is 6.18 Å². The first-order valence-electron chi connectivity index (χ1n) is 6.38. The lowest BCUT2D eigenvalue weighted by Gasteiger charge is -2.12. The van der Waals surface area contributed by atoms with Crippen molar-refractivity contribution in [3.8, 4) is 5.75 Å². The molecule has 2 N–H and O–H groups in total. The summed E-state index contributed by atoms with van der Waals surface area (Å²) >= 11 is 5.84. The summed E-state index contributed by atoms with van der Waals surface area (Å²) in [7, 11) is 1.43. The van der Waals surface area contributed by atoms with E-state index in [0.717, 1.165) is 24.3 Å². The van der Waals surface area contributed by atoms with Gasteiger partial charge in [-0.2, -0.15) is 13.2 Å². The second-order valence-corrected chi connectivity index (χ2v) is 4.94. The largest absolute Gasteiger partial charge is 0.495 e. The fraction of sp³-hybridized carbons (Fsp3) is 0.133. The summed E-state index contributed by atoms with van der Waals surface area (Å²) in [6.45, 7) is 0. The van der Waals surface area contributed by atoms with E-state index in [9.17, 15) is 18.0 Å². The number of hydrogen-bond acceptors (Lipinski definition) is 2. The molecule has 0 saturated heterocycles. The molecule has 0 aliphatic rings. The number of carbonyl (C=O) groups is 1. The minimum atomic E-state index is -4.42. The molecule has 2 rings (SSSR count). The predicted molar refractivity (Wildman–Crippen MR) is 82.1 cm³/mol. The van der Waals surface area contributed by atoms with Crippen molar-refractivity contribution in [3.63, 3.8) is 0 Å². The molecule has 0 spiro atoms. The number of ether oxygens (including phenoxy) is 1. The Labute approximate surface area is 135 Å². The van der Waals surface area contributed by atoms with Gasteiger partial charge in [0.25, 0.3) is 0 Å². The number of rotatable bonds is 3. The first-order valence-corrected chi connectivity index (χ1v) is 6.76. The van der Waals surface area contributed by atoms with E-state index in [-0.39, 0.29) is 5.69 Å². The van der Waals surface area contributed by atoms with Gasteiger partial charge in [-0.3, -0.25) is 0 Å². The molecule has 0 saturated carbocycles. The second kappa shape index (κ2) is 6.78. The lowest BCUT2D eigenvalue weighted by atomic mass is 10.2. The Morgan fingerprint density at radius 1 is 1.09 bits per heavy atom. The Kier molecular flexibility index (Phi) is 5.00. The van der Waals surface area contributed by atoms with Gasteiger partial charge in [0.1, 0.15) is 5.75 Å². The average molecular weight is 345 g/mol. The molecule has 0 aliphatic heterocycles. The third-order valence-electron chi connectivity index (χ3n) is 2.88. The summed E-state index contributed by atoms with van der Waals surface area (Å²) in [5.41, 5.74) is -0.235. The van der Waals surface area contributed by atoms with Crippen LogP contribution in [0, 0.1) is 0 Å². The monoisotopic (exact) mass is 344 g/mol. The molecule has 0 aromatic heterocycles. The van der Waals surface area contributed by atoms with E-state index in [0.29, 0.717) is 16.5 Å². The van der Waals surface area contributed by atoms with Crippen LogP contribution in [0.3, 0.4) is 0 Å². The van der Waals surface area contributed by atoms with Crippen LogP contribution in [0.15, 0.2) is 42.5 Å². The average Bonchev–Trinajstić information content (AvgIpc) is 2.47. The van der Waals surface area contributed by atoms with Crippen LogP contribution in [0.1, 0.15) is 5.56 Å². The molecule has 2 aromatic rings. The van der Waals surface area contributed by atoms with E-state index in [1.165, 1.54) is 13.2 Å². The van der Waals surface area contributed by atoms with Gasteiger partial charge in [0.15, 0.2) is 0 Å². The fourth-order valence-corrected chi connectivity index (χ4v) is 1.98. The Bertz CT molecular complexity index is 703. The molecule has 2 aromatic carbocycles.